The molecule has 0 bridgehead atoms. The van der Waals surface area contributed by atoms with Crippen LogP contribution in [0.15, 0.2) is 18.3 Å². The van der Waals surface area contributed by atoms with Gasteiger partial charge in [0.1, 0.15) is 0 Å². The van der Waals surface area contributed by atoms with Gasteiger partial charge >= 0.3 is 11.9 Å². The highest BCUT2D eigenvalue weighted by molar-refractivity contribution is 5.70. The summed E-state index contributed by atoms with van der Waals surface area (Å²) >= 11 is 0. The van der Waals surface area contributed by atoms with Crippen LogP contribution in [0.5, 0.6) is 0 Å². The molecular formula is C10H11NO4. The van der Waals surface area contributed by atoms with E-state index in [1.807, 2.05) is 0 Å². The Hall–Kier alpha value is -1.91. The van der Waals surface area contributed by atoms with Crippen LogP contribution in [-0.4, -0.2) is 27.1 Å². The van der Waals surface area contributed by atoms with Crippen LogP contribution >= 0.6 is 0 Å². The standard InChI is InChI=1S/C10H11NO4/c12-9(13)4-3-8-2-1-7(6-11-8)5-10(14)15/h1-2,6H,3-5H2,(H,12,13)(H,14,15). The van der Waals surface area contributed by atoms with Crippen LogP contribution in [0, 0.1) is 0 Å². The first-order valence-corrected chi connectivity index (χ1v) is 4.45. The number of carboxylic acid groups (broad SMARTS) is 2. The largest absolute Gasteiger partial charge is 0.481 e. The topological polar surface area (TPSA) is 87.5 Å². The summed E-state index contributed by atoms with van der Waals surface area (Å²) in [5.74, 6) is -1.78. The second kappa shape index (κ2) is 5.09. The minimum atomic E-state index is -0.907. The molecule has 15 heavy (non-hydrogen) atoms. The lowest BCUT2D eigenvalue weighted by Gasteiger charge is -1.99. The van der Waals surface area contributed by atoms with Gasteiger partial charge in [-0.1, -0.05) is 6.07 Å². The lowest BCUT2D eigenvalue weighted by atomic mass is 10.1. The van der Waals surface area contributed by atoms with Crippen LogP contribution in [-0.2, 0) is 22.4 Å². The number of carboxylic acids is 2. The number of aromatic nitrogens is 1. The van der Waals surface area contributed by atoms with Gasteiger partial charge in [-0.15, -0.1) is 0 Å². The zero-order chi connectivity index (χ0) is 11.3. The number of aliphatic carboxylic acids is 2. The molecule has 0 unspecified atom stereocenters. The van der Waals surface area contributed by atoms with Crippen molar-refractivity contribution in [3.8, 4) is 0 Å². The highest BCUT2D eigenvalue weighted by Gasteiger charge is 2.03. The quantitative estimate of drug-likeness (QED) is 0.746. The number of hydrogen-bond acceptors (Lipinski definition) is 3. The van der Waals surface area contributed by atoms with Gasteiger partial charge in [0.05, 0.1) is 12.8 Å². The maximum atomic E-state index is 10.4. The Morgan fingerprint density at radius 1 is 1.20 bits per heavy atom. The van der Waals surface area contributed by atoms with Crippen LogP contribution in [0.2, 0.25) is 0 Å². The summed E-state index contributed by atoms with van der Waals surface area (Å²) in [6, 6.07) is 3.31. The number of rotatable bonds is 5. The average molecular weight is 209 g/mol. The Labute approximate surface area is 86.4 Å². The Morgan fingerprint density at radius 2 is 1.93 bits per heavy atom. The van der Waals surface area contributed by atoms with Crippen molar-refractivity contribution in [3.63, 3.8) is 0 Å². The predicted octanol–water partition coefficient (Wildman–Crippen LogP) is 0.726. The molecule has 1 heterocycles. The van der Waals surface area contributed by atoms with E-state index >= 15 is 0 Å². The highest BCUT2D eigenvalue weighted by atomic mass is 16.4. The molecule has 0 saturated heterocycles. The number of pyridine rings is 1. The molecular weight excluding hydrogens is 198 g/mol. The van der Waals surface area contributed by atoms with E-state index in [2.05, 4.69) is 4.98 Å². The molecule has 1 aromatic heterocycles. The maximum Gasteiger partial charge on any atom is 0.307 e. The highest BCUT2D eigenvalue weighted by Crippen LogP contribution is 2.03. The van der Waals surface area contributed by atoms with Crippen molar-refractivity contribution in [1.82, 2.24) is 4.98 Å². The van der Waals surface area contributed by atoms with Gasteiger partial charge in [-0.25, -0.2) is 0 Å². The zero-order valence-electron chi connectivity index (χ0n) is 8.01. The number of aryl methyl sites for hydroxylation is 1. The summed E-state index contributed by atoms with van der Waals surface area (Å²) in [6.07, 6.45) is 1.80. The van der Waals surface area contributed by atoms with Crippen LogP contribution in [0.4, 0.5) is 0 Å². The molecule has 5 nitrogen and oxygen atoms in total. The molecule has 0 amide bonds. The van der Waals surface area contributed by atoms with E-state index in [9.17, 15) is 9.59 Å². The summed E-state index contributed by atoms with van der Waals surface area (Å²) in [7, 11) is 0. The molecule has 0 spiro atoms. The summed E-state index contributed by atoms with van der Waals surface area (Å²) in [4.78, 5) is 24.6. The fraction of sp³-hybridized carbons (Fsp3) is 0.300. The molecule has 0 aliphatic rings. The van der Waals surface area contributed by atoms with Gasteiger partial charge in [-0.2, -0.15) is 0 Å². The second-order valence-electron chi connectivity index (χ2n) is 3.12. The van der Waals surface area contributed by atoms with Crippen molar-refractivity contribution in [2.45, 2.75) is 19.3 Å². The Bertz CT molecular complexity index is 358. The third kappa shape index (κ3) is 4.21. The van der Waals surface area contributed by atoms with Crippen LogP contribution in [0.1, 0.15) is 17.7 Å². The van der Waals surface area contributed by atoms with Crippen molar-refractivity contribution in [1.29, 1.82) is 0 Å². The third-order valence-corrected chi connectivity index (χ3v) is 1.84. The number of nitrogens with zero attached hydrogens (tertiary/aromatic N) is 1. The Balaban J connectivity index is 2.56. The van der Waals surface area contributed by atoms with Gasteiger partial charge in [0, 0.05) is 18.3 Å². The van der Waals surface area contributed by atoms with Crippen molar-refractivity contribution < 1.29 is 19.8 Å². The van der Waals surface area contributed by atoms with Gasteiger partial charge in [0.25, 0.3) is 0 Å². The van der Waals surface area contributed by atoms with E-state index in [1.165, 1.54) is 6.20 Å². The molecule has 5 heteroatoms. The molecule has 0 radical (unpaired) electrons. The number of hydrogen-bond donors (Lipinski definition) is 2. The maximum absolute atomic E-state index is 10.4. The summed E-state index contributed by atoms with van der Waals surface area (Å²) in [5, 5.41) is 16.9. The fourth-order valence-electron chi connectivity index (χ4n) is 1.12. The van der Waals surface area contributed by atoms with E-state index in [4.69, 9.17) is 10.2 Å². The van der Waals surface area contributed by atoms with Gasteiger partial charge in [0.2, 0.25) is 0 Å². The molecule has 0 aliphatic carbocycles. The fourth-order valence-corrected chi connectivity index (χ4v) is 1.12. The van der Waals surface area contributed by atoms with Crippen molar-refractivity contribution >= 4 is 11.9 Å². The van der Waals surface area contributed by atoms with E-state index < -0.39 is 11.9 Å². The van der Waals surface area contributed by atoms with Crippen LogP contribution in [0.3, 0.4) is 0 Å². The summed E-state index contributed by atoms with van der Waals surface area (Å²) in [6.45, 7) is 0. The zero-order valence-corrected chi connectivity index (χ0v) is 8.01. The minimum Gasteiger partial charge on any atom is -0.481 e. The predicted molar refractivity (Wildman–Crippen MR) is 51.5 cm³/mol. The van der Waals surface area contributed by atoms with Gasteiger partial charge in [-0.05, 0) is 11.6 Å². The molecule has 0 aliphatic heterocycles. The Morgan fingerprint density at radius 3 is 2.40 bits per heavy atom. The molecule has 0 saturated carbocycles. The summed E-state index contributed by atoms with van der Waals surface area (Å²) in [5.41, 5.74) is 1.27. The second-order valence-corrected chi connectivity index (χ2v) is 3.12. The van der Waals surface area contributed by atoms with Crippen molar-refractivity contribution in [3.05, 3.63) is 29.6 Å². The average Bonchev–Trinajstić information content (AvgIpc) is 2.16. The van der Waals surface area contributed by atoms with Gasteiger partial charge in [-0.3, -0.25) is 14.6 Å². The minimum absolute atomic E-state index is 0.0330. The Kier molecular flexibility index (Phi) is 3.79. The third-order valence-electron chi connectivity index (χ3n) is 1.84. The first-order valence-electron chi connectivity index (χ1n) is 4.45. The summed E-state index contributed by atoms with van der Waals surface area (Å²) < 4.78 is 0. The van der Waals surface area contributed by atoms with Crippen LogP contribution < -0.4 is 0 Å². The lowest BCUT2D eigenvalue weighted by Crippen LogP contribution is -2.02. The van der Waals surface area contributed by atoms with E-state index in [1.54, 1.807) is 12.1 Å². The van der Waals surface area contributed by atoms with E-state index in [0.29, 0.717) is 17.7 Å². The first-order chi connectivity index (χ1) is 7.08. The molecule has 1 aromatic rings. The van der Waals surface area contributed by atoms with Gasteiger partial charge in [0.15, 0.2) is 0 Å². The first kappa shape index (κ1) is 11.2. The van der Waals surface area contributed by atoms with E-state index in [0.717, 1.165) is 0 Å². The smallest absolute Gasteiger partial charge is 0.307 e. The van der Waals surface area contributed by atoms with Crippen molar-refractivity contribution in [2.75, 3.05) is 0 Å². The lowest BCUT2D eigenvalue weighted by molar-refractivity contribution is -0.137. The number of carbonyl (C=O) groups is 2. The molecule has 1 rings (SSSR count). The molecule has 0 atom stereocenters. The van der Waals surface area contributed by atoms with Crippen molar-refractivity contribution in [2.24, 2.45) is 0 Å². The normalized spacial score (nSPS) is 9.87. The SMILES string of the molecule is O=C(O)CCc1ccc(CC(=O)O)cn1. The molecule has 0 fully saturated rings. The monoisotopic (exact) mass is 209 g/mol. The van der Waals surface area contributed by atoms with Gasteiger partial charge < -0.3 is 10.2 Å². The van der Waals surface area contributed by atoms with E-state index in [-0.39, 0.29) is 12.8 Å². The molecule has 80 valence electrons. The van der Waals surface area contributed by atoms with Crippen LogP contribution in [0.25, 0.3) is 0 Å². The molecule has 0 aromatic carbocycles. The molecule has 2 N–H and O–H groups in total.